The van der Waals surface area contributed by atoms with Crippen molar-refractivity contribution in [2.75, 3.05) is 26.2 Å². The molecule has 0 N–H and O–H groups in total. The number of ether oxygens (including phenoxy) is 1. The summed E-state index contributed by atoms with van der Waals surface area (Å²) in [6.07, 6.45) is 0. The van der Waals surface area contributed by atoms with E-state index in [2.05, 4.69) is 18.7 Å². The van der Waals surface area contributed by atoms with Crippen LogP contribution in [-0.4, -0.2) is 42.5 Å². The molecule has 0 aromatic carbocycles. The molecule has 0 spiro atoms. The lowest BCUT2D eigenvalue weighted by atomic mass is 9.90. The highest BCUT2D eigenvalue weighted by atomic mass is 16.5. The van der Waals surface area contributed by atoms with Gasteiger partial charge in [0.25, 0.3) is 0 Å². The van der Waals surface area contributed by atoms with Crippen molar-refractivity contribution in [3.63, 3.8) is 0 Å². The monoisotopic (exact) mass is 213 g/mol. The van der Waals surface area contributed by atoms with E-state index in [4.69, 9.17) is 4.74 Å². The fraction of sp³-hybridized carbons (Fsp3) is 0.917. The quantitative estimate of drug-likeness (QED) is 0.699. The topological polar surface area (TPSA) is 29.5 Å². The molecular weight excluding hydrogens is 190 g/mol. The van der Waals surface area contributed by atoms with E-state index in [0.717, 1.165) is 19.7 Å². The van der Waals surface area contributed by atoms with Crippen LogP contribution in [-0.2, 0) is 9.53 Å². The van der Waals surface area contributed by atoms with E-state index in [-0.39, 0.29) is 11.0 Å². The van der Waals surface area contributed by atoms with Gasteiger partial charge in [-0.3, -0.25) is 9.69 Å². The SMILES string of the molecule is CC1(C)CN(CC(=O)C(C)(C)C)CCO1. The van der Waals surface area contributed by atoms with Gasteiger partial charge in [0, 0.05) is 18.5 Å². The normalized spacial score (nSPS) is 22.7. The highest BCUT2D eigenvalue weighted by Crippen LogP contribution is 2.19. The first-order chi connectivity index (χ1) is 6.71. The second kappa shape index (κ2) is 4.22. The van der Waals surface area contributed by atoms with E-state index >= 15 is 0 Å². The Labute approximate surface area is 92.8 Å². The molecule has 0 bridgehead atoms. The average Bonchev–Trinajstić information content (AvgIpc) is 2.00. The second-order valence-corrected chi connectivity index (χ2v) is 5.99. The zero-order valence-electron chi connectivity index (χ0n) is 10.6. The third kappa shape index (κ3) is 3.92. The summed E-state index contributed by atoms with van der Waals surface area (Å²) in [5.74, 6) is 0.306. The zero-order valence-corrected chi connectivity index (χ0v) is 10.6. The lowest BCUT2D eigenvalue weighted by molar-refractivity contribution is -0.132. The number of hydrogen-bond acceptors (Lipinski definition) is 3. The first-order valence-electron chi connectivity index (χ1n) is 5.60. The molecule has 0 atom stereocenters. The van der Waals surface area contributed by atoms with Crippen molar-refractivity contribution >= 4 is 5.78 Å². The van der Waals surface area contributed by atoms with E-state index in [1.165, 1.54) is 0 Å². The highest BCUT2D eigenvalue weighted by molar-refractivity contribution is 5.85. The second-order valence-electron chi connectivity index (χ2n) is 5.99. The van der Waals surface area contributed by atoms with Crippen LogP contribution in [0.15, 0.2) is 0 Å². The fourth-order valence-electron chi connectivity index (χ4n) is 1.69. The van der Waals surface area contributed by atoms with Gasteiger partial charge in [0.2, 0.25) is 0 Å². The molecule has 1 saturated heterocycles. The van der Waals surface area contributed by atoms with Gasteiger partial charge in [0.1, 0.15) is 0 Å². The van der Waals surface area contributed by atoms with Crippen molar-refractivity contribution < 1.29 is 9.53 Å². The van der Waals surface area contributed by atoms with Crippen molar-refractivity contribution in [2.24, 2.45) is 5.41 Å². The maximum absolute atomic E-state index is 11.9. The summed E-state index contributed by atoms with van der Waals surface area (Å²) in [5.41, 5.74) is -0.348. The molecule has 0 aromatic rings. The predicted molar refractivity (Wildman–Crippen MR) is 60.9 cm³/mol. The van der Waals surface area contributed by atoms with Crippen LogP contribution in [0.25, 0.3) is 0 Å². The van der Waals surface area contributed by atoms with Gasteiger partial charge in [-0.15, -0.1) is 0 Å². The summed E-state index contributed by atoms with van der Waals surface area (Å²) in [5, 5.41) is 0. The predicted octanol–water partition coefficient (Wildman–Crippen LogP) is 1.71. The molecule has 0 radical (unpaired) electrons. The minimum atomic E-state index is -0.234. The summed E-state index contributed by atoms with van der Waals surface area (Å²) in [6.45, 7) is 13.0. The maximum atomic E-state index is 11.9. The van der Waals surface area contributed by atoms with Gasteiger partial charge in [-0.05, 0) is 13.8 Å². The van der Waals surface area contributed by atoms with Crippen molar-refractivity contribution in [3.8, 4) is 0 Å². The van der Waals surface area contributed by atoms with Gasteiger partial charge in [0.15, 0.2) is 5.78 Å². The molecule has 1 heterocycles. The molecule has 0 unspecified atom stereocenters. The Bertz CT molecular complexity index is 240. The van der Waals surface area contributed by atoms with Crippen LogP contribution >= 0.6 is 0 Å². The first kappa shape index (κ1) is 12.7. The Morgan fingerprint density at radius 3 is 2.47 bits per heavy atom. The fourth-order valence-corrected chi connectivity index (χ4v) is 1.69. The van der Waals surface area contributed by atoms with Gasteiger partial charge >= 0.3 is 0 Å². The third-order valence-electron chi connectivity index (χ3n) is 2.71. The van der Waals surface area contributed by atoms with E-state index in [1.54, 1.807) is 0 Å². The Kier molecular flexibility index (Phi) is 3.56. The van der Waals surface area contributed by atoms with Crippen LogP contribution in [0, 0.1) is 5.41 Å². The molecule has 3 nitrogen and oxygen atoms in total. The molecule has 0 amide bonds. The lowest BCUT2D eigenvalue weighted by Crippen LogP contribution is -2.50. The highest BCUT2D eigenvalue weighted by Gasteiger charge is 2.30. The van der Waals surface area contributed by atoms with Crippen molar-refractivity contribution in [2.45, 2.75) is 40.2 Å². The molecule has 1 aliphatic rings. The summed E-state index contributed by atoms with van der Waals surface area (Å²) in [6, 6.07) is 0. The number of carbonyl (C=O) groups is 1. The van der Waals surface area contributed by atoms with E-state index in [0.29, 0.717) is 12.3 Å². The largest absolute Gasteiger partial charge is 0.373 e. The van der Waals surface area contributed by atoms with Crippen LogP contribution in [0.4, 0.5) is 0 Å². The molecule has 1 aliphatic heterocycles. The number of carbonyl (C=O) groups excluding carboxylic acids is 1. The Morgan fingerprint density at radius 1 is 1.40 bits per heavy atom. The van der Waals surface area contributed by atoms with Crippen LogP contribution in [0.1, 0.15) is 34.6 Å². The van der Waals surface area contributed by atoms with Gasteiger partial charge < -0.3 is 4.74 Å². The van der Waals surface area contributed by atoms with E-state index in [1.807, 2.05) is 20.8 Å². The number of hydrogen-bond donors (Lipinski definition) is 0. The van der Waals surface area contributed by atoms with E-state index < -0.39 is 0 Å². The van der Waals surface area contributed by atoms with Crippen LogP contribution < -0.4 is 0 Å². The zero-order chi connectivity index (χ0) is 11.7. The molecule has 1 rings (SSSR count). The van der Waals surface area contributed by atoms with Crippen molar-refractivity contribution in [1.82, 2.24) is 4.90 Å². The molecule has 15 heavy (non-hydrogen) atoms. The van der Waals surface area contributed by atoms with Crippen LogP contribution in [0.5, 0.6) is 0 Å². The minimum Gasteiger partial charge on any atom is -0.373 e. The third-order valence-corrected chi connectivity index (χ3v) is 2.71. The Morgan fingerprint density at radius 2 is 2.00 bits per heavy atom. The summed E-state index contributed by atoms with van der Waals surface area (Å²) >= 11 is 0. The smallest absolute Gasteiger partial charge is 0.152 e. The van der Waals surface area contributed by atoms with Gasteiger partial charge in [-0.25, -0.2) is 0 Å². The molecule has 3 heteroatoms. The molecule has 88 valence electrons. The number of nitrogens with zero attached hydrogens (tertiary/aromatic N) is 1. The van der Waals surface area contributed by atoms with Crippen LogP contribution in [0.2, 0.25) is 0 Å². The van der Waals surface area contributed by atoms with Gasteiger partial charge in [-0.1, -0.05) is 20.8 Å². The molecular formula is C12H23NO2. The first-order valence-corrected chi connectivity index (χ1v) is 5.60. The number of morpholine rings is 1. The average molecular weight is 213 g/mol. The molecule has 0 aliphatic carbocycles. The van der Waals surface area contributed by atoms with Gasteiger partial charge in [0.05, 0.1) is 18.8 Å². The van der Waals surface area contributed by atoms with Crippen molar-refractivity contribution in [1.29, 1.82) is 0 Å². The Hall–Kier alpha value is -0.410. The number of Topliss-reactive ketones (excluding diaryl/α,β-unsaturated/α-hetero) is 1. The molecule has 0 aromatic heterocycles. The van der Waals surface area contributed by atoms with Crippen molar-refractivity contribution in [3.05, 3.63) is 0 Å². The summed E-state index contributed by atoms with van der Waals surface area (Å²) in [4.78, 5) is 14.1. The maximum Gasteiger partial charge on any atom is 0.152 e. The van der Waals surface area contributed by atoms with Crippen LogP contribution in [0.3, 0.4) is 0 Å². The lowest BCUT2D eigenvalue weighted by Gasteiger charge is -2.38. The number of ketones is 1. The molecule has 1 fully saturated rings. The number of rotatable bonds is 2. The van der Waals surface area contributed by atoms with E-state index in [9.17, 15) is 4.79 Å². The summed E-state index contributed by atoms with van der Waals surface area (Å²) < 4.78 is 5.61. The van der Waals surface area contributed by atoms with Gasteiger partial charge in [-0.2, -0.15) is 0 Å². The standard InChI is InChI=1S/C12H23NO2/c1-11(2,3)10(14)8-13-6-7-15-12(4,5)9-13/h6-9H2,1-5H3. The Balaban J connectivity index is 2.49. The summed E-state index contributed by atoms with van der Waals surface area (Å²) in [7, 11) is 0. The molecule has 0 saturated carbocycles. The minimum absolute atomic E-state index is 0.115.